The lowest BCUT2D eigenvalue weighted by molar-refractivity contribution is -0.123. The summed E-state index contributed by atoms with van der Waals surface area (Å²) < 4.78 is 5.36. The molecule has 27 heavy (non-hydrogen) atoms. The lowest BCUT2D eigenvalue weighted by Crippen LogP contribution is -2.44. The third-order valence-electron chi connectivity index (χ3n) is 3.71. The number of hydrogen-bond donors (Lipinski definition) is 3. The van der Waals surface area contributed by atoms with Crippen LogP contribution < -0.4 is 15.6 Å². The summed E-state index contributed by atoms with van der Waals surface area (Å²) in [5, 5.41) is 7.35. The van der Waals surface area contributed by atoms with Gasteiger partial charge in [0.25, 0.3) is 11.8 Å². The Labute approximate surface area is 160 Å². The number of aromatic nitrogens is 2. The van der Waals surface area contributed by atoms with E-state index in [1.807, 2.05) is 37.3 Å². The summed E-state index contributed by atoms with van der Waals surface area (Å²) in [6, 6.07) is 16.1. The zero-order valence-corrected chi connectivity index (χ0v) is 15.2. The largest absolute Gasteiger partial charge is 0.484 e. The maximum absolute atomic E-state index is 12.1. The van der Waals surface area contributed by atoms with E-state index in [-0.39, 0.29) is 12.3 Å². The van der Waals surface area contributed by atoms with Crippen LogP contribution in [-0.4, -0.2) is 28.6 Å². The normalized spacial score (nSPS) is 10.3. The number of aromatic amines is 1. The number of halogens is 1. The second kappa shape index (κ2) is 8.37. The molecule has 7 nitrogen and oxygen atoms in total. The van der Waals surface area contributed by atoms with Gasteiger partial charge in [0.1, 0.15) is 11.4 Å². The van der Waals surface area contributed by atoms with Crippen molar-refractivity contribution in [3.8, 4) is 17.0 Å². The molecule has 0 fully saturated rings. The number of rotatable bonds is 5. The predicted molar refractivity (Wildman–Crippen MR) is 101 cm³/mol. The lowest BCUT2D eigenvalue weighted by Gasteiger charge is -2.09. The SMILES string of the molecule is Cc1cc(OCC(=O)NNC(=O)c2cc(-c3ccccc3)n[nH]2)ccc1Cl. The Balaban J connectivity index is 1.49. The highest BCUT2D eigenvalue weighted by atomic mass is 35.5. The quantitative estimate of drug-likeness (QED) is 0.589. The molecule has 0 saturated carbocycles. The van der Waals surface area contributed by atoms with Crippen molar-refractivity contribution in [3.05, 3.63) is 70.9 Å². The average Bonchev–Trinajstić information content (AvgIpc) is 3.18. The lowest BCUT2D eigenvalue weighted by atomic mass is 10.1. The van der Waals surface area contributed by atoms with Crippen LogP contribution in [0.25, 0.3) is 11.3 Å². The number of amides is 2. The number of hydrogen-bond acceptors (Lipinski definition) is 4. The first-order chi connectivity index (χ1) is 13.0. The Morgan fingerprint density at radius 1 is 1.11 bits per heavy atom. The van der Waals surface area contributed by atoms with Gasteiger partial charge in [0, 0.05) is 10.6 Å². The molecular weight excluding hydrogens is 368 g/mol. The minimum Gasteiger partial charge on any atom is -0.484 e. The van der Waals surface area contributed by atoms with Crippen LogP contribution in [0.3, 0.4) is 0 Å². The molecule has 8 heteroatoms. The van der Waals surface area contributed by atoms with Gasteiger partial charge in [-0.2, -0.15) is 5.10 Å². The molecule has 0 aliphatic heterocycles. The highest BCUT2D eigenvalue weighted by Gasteiger charge is 2.12. The molecule has 0 aliphatic carbocycles. The highest BCUT2D eigenvalue weighted by Crippen LogP contribution is 2.21. The number of nitrogens with zero attached hydrogens (tertiary/aromatic N) is 1. The van der Waals surface area contributed by atoms with Gasteiger partial charge >= 0.3 is 0 Å². The van der Waals surface area contributed by atoms with E-state index in [4.69, 9.17) is 16.3 Å². The van der Waals surface area contributed by atoms with Gasteiger partial charge in [0.15, 0.2) is 6.61 Å². The maximum atomic E-state index is 12.1. The van der Waals surface area contributed by atoms with Crippen molar-refractivity contribution >= 4 is 23.4 Å². The third-order valence-corrected chi connectivity index (χ3v) is 4.13. The minimum absolute atomic E-state index is 0.225. The molecule has 2 aromatic carbocycles. The maximum Gasteiger partial charge on any atom is 0.287 e. The van der Waals surface area contributed by atoms with Gasteiger partial charge in [-0.05, 0) is 36.8 Å². The first-order valence-corrected chi connectivity index (χ1v) is 8.49. The molecule has 1 aromatic heterocycles. The standard InChI is InChI=1S/C19H17ClN4O3/c1-12-9-14(7-8-15(12)20)27-11-18(25)23-24-19(26)17-10-16(21-22-17)13-5-3-2-4-6-13/h2-10H,11H2,1H3,(H,21,22)(H,23,25)(H,24,26). The molecule has 0 aliphatic rings. The number of ether oxygens (including phenoxy) is 1. The zero-order valence-electron chi connectivity index (χ0n) is 14.5. The van der Waals surface area contributed by atoms with Crippen LogP contribution in [0.4, 0.5) is 0 Å². The average molecular weight is 385 g/mol. The fourth-order valence-electron chi connectivity index (χ4n) is 2.28. The van der Waals surface area contributed by atoms with Crippen molar-refractivity contribution in [1.29, 1.82) is 0 Å². The molecule has 0 spiro atoms. The summed E-state index contributed by atoms with van der Waals surface area (Å²) in [5.74, 6) is -0.501. The summed E-state index contributed by atoms with van der Waals surface area (Å²) in [4.78, 5) is 23.9. The van der Waals surface area contributed by atoms with Gasteiger partial charge < -0.3 is 4.74 Å². The van der Waals surface area contributed by atoms with Crippen LogP contribution in [0.2, 0.25) is 5.02 Å². The first-order valence-electron chi connectivity index (χ1n) is 8.12. The van der Waals surface area contributed by atoms with Gasteiger partial charge in [-0.1, -0.05) is 41.9 Å². The molecule has 3 rings (SSSR count). The van der Waals surface area contributed by atoms with E-state index in [1.165, 1.54) is 0 Å². The van der Waals surface area contributed by atoms with Gasteiger partial charge in [0.05, 0.1) is 5.69 Å². The zero-order chi connectivity index (χ0) is 19.2. The number of H-pyrrole nitrogens is 1. The molecule has 0 bridgehead atoms. The second-order valence-electron chi connectivity index (χ2n) is 5.73. The molecule has 0 unspecified atom stereocenters. The number of carbonyl (C=O) groups excluding carboxylic acids is 2. The Hall–Kier alpha value is -3.32. The molecule has 3 N–H and O–H groups in total. The molecule has 0 saturated heterocycles. The topological polar surface area (TPSA) is 96.1 Å². The first kappa shape index (κ1) is 18.5. The van der Waals surface area contributed by atoms with Crippen LogP contribution in [-0.2, 0) is 4.79 Å². The van der Waals surface area contributed by atoms with Gasteiger partial charge in [-0.15, -0.1) is 0 Å². The molecule has 138 valence electrons. The summed E-state index contributed by atoms with van der Waals surface area (Å²) in [5.41, 5.74) is 7.18. The molecular formula is C19H17ClN4O3. The summed E-state index contributed by atoms with van der Waals surface area (Å²) in [7, 11) is 0. The minimum atomic E-state index is -0.514. The van der Waals surface area contributed by atoms with E-state index < -0.39 is 11.8 Å². The Bertz CT molecular complexity index is 957. The summed E-state index contributed by atoms with van der Waals surface area (Å²) >= 11 is 5.94. The van der Waals surface area contributed by atoms with E-state index in [9.17, 15) is 9.59 Å². The van der Waals surface area contributed by atoms with Crippen molar-refractivity contribution in [1.82, 2.24) is 21.0 Å². The van der Waals surface area contributed by atoms with Crippen molar-refractivity contribution in [3.63, 3.8) is 0 Å². The number of carbonyl (C=O) groups is 2. The monoisotopic (exact) mass is 384 g/mol. The number of aryl methyl sites for hydroxylation is 1. The molecule has 3 aromatic rings. The third kappa shape index (κ3) is 4.86. The summed E-state index contributed by atoms with van der Waals surface area (Å²) in [6.07, 6.45) is 0. The van der Waals surface area contributed by atoms with Crippen LogP contribution in [0, 0.1) is 6.92 Å². The smallest absolute Gasteiger partial charge is 0.287 e. The number of nitrogens with one attached hydrogen (secondary N) is 3. The van der Waals surface area contributed by atoms with Crippen molar-refractivity contribution < 1.29 is 14.3 Å². The van der Waals surface area contributed by atoms with E-state index in [0.717, 1.165) is 11.1 Å². The molecule has 1 heterocycles. The Kier molecular flexibility index (Phi) is 5.73. The van der Waals surface area contributed by atoms with E-state index >= 15 is 0 Å². The fourth-order valence-corrected chi connectivity index (χ4v) is 2.40. The Morgan fingerprint density at radius 2 is 1.89 bits per heavy atom. The van der Waals surface area contributed by atoms with Crippen LogP contribution in [0.15, 0.2) is 54.6 Å². The van der Waals surface area contributed by atoms with Crippen LogP contribution in [0.5, 0.6) is 5.75 Å². The van der Waals surface area contributed by atoms with Crippen LogP contribution >= 0.6 is 11.6 Å². The highest BCUT2D eigenvalue weighted by molar-refractivity contribution is 6.31. The number of hydrazine groups is 1. The molecule has 0 atom stereocenters. The van der Waals surface area contributed by atoms with Gasteiger partial charge in [0.2, 0.25) is 0 Å². The second-order valence-corrected chi connectivity index (χ2v) is 6.14. The van der Waals surface area contributed by atoms with Gasteiger partial charge in [-0.25, -0.2) is 0 Å². The summed E-state index contributed by atoms with van der Waals surface area (Å²) in [6.45, 7) is 1.59. The van der Waals surface area contributed by atoms with Gasteiger partial charge in [-0.3, -0.25) is 25.5 Å². The molecule has 2 amide bonds. The van der Waals surface area contributed by atoms with Crippen molar-refractivity contribution in [2.45, 2.75) is 6.92 Å². The van der Waals surface area contributed by atoms with E-state index in [1.54, 1.807) is 24.3 Å². The fraction of sp³-hybridized carbons (Fsp3) is 0.105. The van der Waals surface area contributed by atoms with Crippen molar-refractivity contribution in [2.75, 3.05) is 6.61 Å². The Morgan fingerprint density at radius 3 is 2.63 bits per heavy atom. The van der Waals surface area contributed by atoms with Crippen molar-refractivity contribution in [2.24, 2.45) is 0 Å². The molecule has 0 radical (unpaired) electrons. The van der Waals surface area contributed by atoms with E-state index in [0.29, 0.717) is 16.5 Å². The van der Waals surface area contributed by atoms with E-state index in [2.05, 4.69) is 21.0 Å². The number of benzene rings is 2. The van der Waals surface area contributed by atoms with Crippen LogP contribution in [0.1, 0.15) is 16.1 Å². The predicted octanol–water partition coefficient (Wildman–Crippen LogP) is 2.88.